The maximum atomic E-state index is 12.7. The third kappa shape index (κ3) is 5.42. The fraction of sp³-hybridized carbons (Fsp3) is 0.417. The Kier molecular flexibility index (Phi) is 5.06. The predicted octanol–water partition coefficient (Wildman–Crippen LogP) is 1.06. The molecule has 0 amide bonds. The van der Waals surface area contributed by atoms with Gasteiger partial charge in [-0.05, 0) is 24.7 Å². The average Bonchev–Trinajstić information content (AvgIpc) is 2.19. The summed E-state index contributed by atoms with van der Waals surface area (Å²) in [5.41, 5.74) is 6.64. The standard InChI is InChI=1S/C12H17FN2O2/c1-15(8-11(14)6-12(16)17)7-9-2-4-10(13)5-3-9/h2-5,11H,6-8,14H2,1H3,(H,16,17). The van der Waals surface area contributed by atoms with Crippen LogP contribution in [-0.4, -0.2) is 35.6 Å². The van der Waals surface area contributed by atoms with Crippen molar-refractivity contribution < 1.29 is 14.3 Å². The maximum absolute atomic E-state index is 12.7. The van der Waals surface area contributed by atoms with Gasteiger partial charge in [0.15, 0.2) is 0 Å². The van der Waals surface area contributed by atoms with Gasteiger partial charge < -0.3 is 15.7 Å². The first kappa shape index (κ1) is 13.6. The number of carboxylic acid groups (broad SMARTS) is 1. The lowest BCUT2D eigenvalue weighted by molar-refractivity contribution is -0.137. The first-order valence-electron chi connectivity index (χ1n) is 5.37. The fourth-order valence-electron chi connectivity index (χ4n) is 1.66. The first-order chi connectivity index (χ1) is 7.97. The zero-order valence-corrected chi connectivity index (χ0v) is 9.77. The smallest absolute Gasteiger partial charge is 0.304 e. The third-order valence-corrected chi connectivity index (χ3v) is 2.35. The van der Waals surface area contributed by atoms with Crippen LogP contribution in [0.15, 0.2) is 24.3 Å². The summed E-state index contributed by atoms with van der Waals surface area (Å²) in [6, 6.07) is 5.82. The molecule has 0 aliphatic heterocycles. The molecule has 1 aromatic carbocycles. The Morgan fingerprint density at radius 3 is 2.59 bits per heavy atom. The number of rotatable bonds is 6. The number of nitrogens with zero attached hydrogens (tertiary/aromatic N) is 1. The summed E-state index contributed by atoms with van der Waals surface area (Å²) in [6.45, 7) is 1.11. The molecule has 0 aliphatic carbocycles. The van der Waals surface area contributed by atoms with Crippen LogP contribution in [0.5, 0.6) is 0 Å². The Bertz CT molecular complexity index is 367. The number of likely N-dealkylation sites (N-methyl/N-ethyl adjacent to an activating group) is 1. The molecule has 5 heteroatoms. The number of carbonyl (C=O) groups is 1. The Morgan fingerprint density at radius 1 is 1.47 bits per heavy atom. The van der Waals surface area contributed by atoms with Crippen molar-refractivity contribution in [1.29, 1.82) is 0 Å². The third-order valence-electron chi connectivity index (χ3n) is 2.35. The highest BCUT2D eigenvalue weighted by Crippen LogP contribution is 2.06. The van der Waals surface area contributed by atoms with Gasteiger partial charge in [-0.3, -0.25) is 4.79 Å². The van der Waals surface area contributed by atoms with Gasteiger partial charge in [0.1, 0.15) is 5.82 Å². The summed E-state index contributed by atoms with van der Waals surface area (Å²) in [7, 11) is 1.85. The van der Waals surface area contributed by atoms with Crippen LogP contribution in [0.25, 0.3) is 0 Å². The molecule has 1 atom stereocenters. The van der Waals surface area contributed by atoms with Gasteiger partial charge in [-0.15, -0.1) is 0 Å². The Hall–Kier alpha value is -1.46. The van der Waals surface area contributed by atoms with Gasteiger partial charge in [0.05, 0.1) is 6.42 Å². The SMILES string of the molecule is CN(Cc1ccc(F)cc1)CC(N)CC(=O)O. The van der Waals surface area contributed by atoms with E-state index in [0.29, 0.717) is 13.1 Å². The average molecular weight is 240 g/mol. The minimum Gasteiger partial charge on any atom is -0.481 e. The topological polar surface area (TPSA) is 66.6 Å². The molecule has 1 unspecified atom stereocenters. The van der Waals surface area contributed by atoms with E-state index in [0.717, 1.165) is 5.56 Å². The summed E-state index contributed by atoms with van der Waals surface area (Å²) in [6.07, 6.45) is -0.0479. The lowest BCUT2D eigenvalue weighted by Crippen LogP contribution is -2.36. The lowest BCUT2D eigenvalue weighted by Gasteiger charge is -2.20. The monoisotopic (exact) mass is 240 g/mol. The summed E-state index contributed by atoms with van der Waals surface area (Å²) in [5.74, 6) is -1.16. The van der Waals surface area contributed by atoms with Crippen LogP contribution in [-0.2, 0) is 11.3 Å². The largest absolute Gasteiger partial charge is 0.481 e. The molecule has 0 fully saturated rings. The second-order valence-corrected chi connectivity index (χ2v) is 4.18. The van der Waals surface area contributed by atoms with E-state index < -0.39 is 12.0 Å². The van der Waals surface area contributed by atoms with Crippen LogP contribution in [0.3, 0.4) is 0 Å². The highest BCUT2D eigenvalue weighted by atomic mass is 19.1. The number of nitrogens with two attached hydrogens (primary N) is 1. The van der Waals surface area contributed by atoms with Gasteiger partial charge >= 0.3 is 5.97 Å². The Morgan fingerprint density at radius 2 is 2.06 bits per heavy atom. The predicted molar refractivity (Wildman–Crippen MR) is 63.0 cm³/mol. The van der Waals surface area contributed by atoms with Crippen molar-refractivity contribution in [2.45, 2.75) is 19.0 Å². The number of aliphatic carboxylic acids is 1. The molecule has 0 radical (unpaired) electrons. The normalized spacial score (nSPS) is 12.7. The highest BCUT2D eigenvalue weighted by Gasteiger charge is 2.11. The molecular formula is C12H17FN2O2. The van der Waals surface area contributed by atoms with Crippen molar-refractivity contribution in [3.63, 3.8) is 0 Å². The molecule has 0 bridgehead atoms. The van der Waals surface area contributed by atoms with Gasteiger partial charge in [0.25, 0.3) is 0 Å². The molecule has 1 aromatic rings. The van der Waals surface area contributed by atoms with Crippen LogP contribution < -0.4 is 5.73 Å². The number of halogens is 1. The molecule has 0 aliphatic rings. The van der Waals surface area contributed by atoms with Crippen molar-refractivity contribution in [3.8, 4) is 0 Å². The number of carboxylic acids is 1. The van der Waals surface area contributed by atoms with Crippen molar-refractivity contribution in [2.24, 2.45) is 5.73 Å². The summed E-state index contributed by atoms with van der Waals surface area (Å²) < 4.78 is 12.7. The Labute approximate surface area is 99.8 Å². The molecule has 0 saturated carbocycles. The van der Waals surface area contributed by atoms with E-state index in [1.54, 1.807) is 12.1 Å². The second kappa shape index (κ2) is 6.32. The fourth-order valence-corrected chi connectivity index (χ4v) is 1.66. The molecule has 0 aromatic heterocycles. The van der Waals surface area contributed by atoms with Gasteiger partial charge in [-0.1, -0.05) is 12.1 Å². The zero-order valence-electron chi connectivity index (χ0n) is 9.77. The first-order valence-corrected chi connectivity index (χ1v) is 5.37. The van der Waals surface area contributed by atoms with E-state index in [1.165, 1.54) is 12.1 Å². The molecule has 0 spiro atoms. The van der Waals surface area contributed by atoms with Gasteiger partial charge in [0, 0.05) is 19.1 Å². The second-order valence-electron chi connectivity index (χ2n) is 4.18. The van der Waals surface area contributed by atoms with Crippen LogP contribution in [0, 0.1) is 5.82 Å². The van der Waals surface area contributed by atoms with Crippen molar-refractivity contribution in [1.82, 2.24) is 4.90 Å². The van der Waals surface area contributed by atoms with Gasteiger partial charge in [0.2, 0.25) is 0 Å². The molecule has 0 saturated heterocycles. The highest BCUT2D eigenvalue weighted by molar-refractivity contribution is 5.67. The Balaban J connectivity index is 2.41. The van der Waals surface area contributed by atoms with Crippen LogP contribution in [0.2, 0.25) is 0 Å². The van der Waals surface area contributed by atoms with Crippen LogP contribution >= 0.6 is 0 Å². The molecule has 1 rings (SSSR count). The van der Waals surface area contributed by atoms with Crippen LogP contribution in [0.4, 0.5) is 4.39 Å². The van der Waals surface area contributed by atoms with Crippen molar-refractivity contribution in [2.75, 3.05) is 13.6 Å². The van der Waals surface area contributed by atoms with Gasteiger partial charge in [-0.25, -0.2) is 4.39 Å². The van der Waals surface area contributed by atoms with Crippen LogP contribution in [0.1, 0.15) is 12.0 Å². The molecule has 0 heterocycles. The minimum absolute atomic E-state index is 0.0479. The maximum Gasteiger partial charge on any atom is 0.304 e. The zero-order chi connectivity index (χ0) is 12.8. The quantitative estimate of drug-likeness (QED) is 0.780. The molecule has 17 heavy (non-hydrogen) atoms. The summed E-state index contributed by atoms with van der Waals surface area (Å²) in [5, 5.41) is 8.58. The van der Waals surface area contributed by atoms with E-state index in [4.69, 9.17) is 10.8 Å². The van der Waals surface area contributed by atoms with Gasteiger partial charge in [-0.2, -0.15) is 0 Å². The van der Waals surface area contributed by atoms with E-state index in [2.05, 4.69) is 0 Å². The van der Waals surface area contributed by atoms with Crippen molar-refractivity contribution in [3.05, 3.63) is 35.6 Å². The number of hydrogen-bond acceptors (Lipinski definition) is 3. The minimum atomic E-state index is -0.896. The molecule has 94 valence electrons. The summed E-state index contributed by atoms with van der Waals surface area (Å²) >= 11 is 0. The lowest BCUT2D eigenvalue weighted by atomic mass is 10.2. The van der Waals surface area contributed by atoms with E-state index in [-0.39, 0.29) is 12.2 Å². The molecule has 3 N–H and O–H groups in total. The van der Waals surface area contributed by atoms with Crippen molar-refractivity contribution >= 4 is 5.97 Å². The van der Waals surface area contributed by atoms with E-state index in [9.17, 15) is 9.18 Å². The summed E-state index contributed by atoms with van der Waals surface area (Å²) in [4.78, 5) is 12.4. The molecular weight excluding hydrogens is 223 g/mol. The van der Waals surface area contributed by atoms with E-state index in [1.807, 2.05) is 11.9 Å². The number of hydrogen-bond donors (Lipinski definition) is 2. The molecule has 4 nitrogen and oxygen atoms in total. The van der Waals surface area contributed by atoms with E-state index >= 15 is 0 Å². The number of benzene rings is 1.